The molecule has 0 bridgehead atoms. The molecule has 1 aliphatic heterocycles. The van der Waals surface area contributed by atoms with Gasteiger partial charge in [-0.25, -0.2) is 0 Å². The van der Waals surface area contributed by atoms with E-state index in [1.54, 1.807) is 0 Å². The lowest BCUT2D eigenvalue weighted by molar-refractivity contribution is 0.116. The van der Waals surface area contributed by atoms with Gasteiger partial charge >= 0.3 is 0 Å². The van der Waals surface area contributed by atoms with Gasteiger partial charge in [0.25, 0.3) is 0 Å². The van der Waals surface area contributed by atoms with E-state index in [-0.39, 0.29) is 5.41 Å². The molecular formula is C9H16N2O. The summed E-state index contributed by atoms with van der Waals surface area (Å²) in [5.74, 6) is 0. The topological polar surface area (TPSA) is 36.3 Å². The van der Waals surface area contributed by atoms with Gasteiger partial charge in [0.2, 0.25) is 0 Å². The van der Waals surface area contributed by atoms with Crippen molar-refractivity contribution in [2.24, 2.45) is 5.41 Å². The van der Waals surface area contributed by atoms with Crippen LogP contribution in [-0.2, 0) is 4.74 Å². The maximum atomic E-state index is 9.15. The van der Waals surface area contributed by atoms with Gasteiger partial charge in [0, 0.05) is 5.41 Å². The van der Waals surface area contributed by atoms with E-state index in [1.807, 2.05) is 19.0 Å². The number of likely N-dealkylation sites (N-methyl/N-ethyl adjacent to an activating group) is 1. The summed E-state index contributed by atoms with van der Waals surface area (Å²) in [6, 6.07) is 2.37. The summed E-state index contributed by atoms with van der Waals surface area (Å²) in [5.41, 5.74) is -0.530. The quantitative estimate of drug-likeness (QED) is 0.583. The van der Waals surface area contributed by atoms with Crippen molar-refractivity contribution in [3.05, 3.63) is 0 Å². The third-order valence-electron chi connectivity index (χ3n) is 2.84. The molecule has 12 heavy (non-hydrogen) atoms. The molecule has 1 heterocycles. The van der Waals surface area contributed by atoms with Gasteiger partial charge < -0.3 is 4.74 Å². The maximum absolute atomic E-state index is 9.15. The molecule has 0 aromatic carbocycles. The Bertz CT molecular complexity index is 217. The summed E-state index contributed by atoms with van der Waals surface area (Å²) in [6.45, 7) is 5.33. The van der Waals surface area contributed by atoms with E-state index < -0.39 is 5.54 Å². The monoisotopic (exact) mass is 168 g/mol. The van der Waals surface area contributed by atoms with Gasteiger partial charge in [0.1, 0.15) is 5.54 Å². The summed E-state index contributed by atoms with van der Waals surface area (Å²) in [5, 5.41) is 9.15. The molecule has 1 aliphatic rings. The lowest BCUT2D eigenvalue weighted by Crippen LogP contribution is -2.53. The third kappa shape index (κ3) is 1.03. The molecule has 1 fully saturated rings. The summed E-state index contributed by atoms with van der Waals surface area (Å²) < 4.78 is 5.36. The number of nitriles is 1. The summed E-state index contributed by atoms with van der Waals surface area (Å²) in [7, 11) is 3.86. The summed E-state index contributed by atoms with van der Waals surface area (Å²) >= 11 is 0. The Balaban J connectivity index is 3.02. The van der Waals surface area contributed by atoms with Gasteiger partial charge in [-0.15, -0.1) is 0 Å². The predicted octanol–water partition coefficient (Wildman–Crippen LogP) is 0.867. The van der Waals surface area contributed by atoms with Gasteiger partial charge in [-0.2, -0.15) is 5.26 Å². The lowest BCUT2D eigenvalue weighted by Gasteiger charge is -2.38. The molecule has 0 spiro atoms. The van der Waals surface area contributed by atoms with Crippen molar-refractivity contribution >= 4 is 0 Å². The smallest absolute Gasteiger partial charge is 0.139 e. The zero-order chi connectivity index (χ0) is 9.41. The first-order valence-corrected chi connectivity index (χ1v) is 4.13. The highest BCUT2D eigenvalue weighted by molar-refractivity contribution is 5.17. The Hall–Kier alpha value is -0.590. The number of ether oxygens (including phenoxy) is 1. The van der Waals surface area contributed by atoms with Crippen molar-refractivity contribution in [2.75, 3.05) is 27.3 Å². The van der Waals surface area contributed by atoms with E-state index in [0.29, 0.717) is 13.2 Å². The molecule has 1 saturated heterocycles. The van der Waals surface area contributed by atoms with E-state index in [4.69, 9.17) is 10.00 Å². The van der Waals surface area contributed by atoms with Crippen molar-refractivity contribution in [1.82, 2.24) is 4.90 Å². The van der Waals surface area contributed by atoms with Gasteiger partial charge in [-0.05, 0) is 14.1 Å². The molecule has 0 aromatic heterocycles. The largest absolute Gasteiger partial charge is 0.378 e. The van der Waals surface area contributed by atoms with Crippen LogP contribution in [0.15, 0.2) is 0 Å². The molecule has 1 unspecified atom stereocenters. The Kier molecular flexibility index (Phi) is 2.15. The third-order valence-corrected chi connectivity index (χ3v) is 2.84. The van der Waals surface area contributed by atoms with Crippen molar-refractivity contribution in [2.45, 2.75) is 19.4 Å². The van der Waals surface area contributed by atoms with E-state index >= 15 is 0 Å². The molecular weight excluding hydrogens is 152 g/mol. The van der Waals surface area contributed by atoms with Crippen LogP contribution in [0.1, 0.15) is 13.8 Å². The number of hydrogen-bond acceptors (Lipinski definition) is 3. The number of rotatable bonds is 1. The van der Waals surface area contributed by atoms with E-state index in [9.17, 15) is 0 Å². The fourth-order valence-corrected chi connectivity index (χ4v) is 1.79. The molecule has 0 amide bonds. The van der Waals surface area contributed by atoms with Crippen LogP contribution in [-0.4, -0.2) is 37.7 Å². The van der Waals surface area contributed by atoms with Crippen molar-refractivity contribution in [3.63, 3.8) is 0 Å². The van der Waals surface area contributed by atoms with Gasteiger partial charge in [-0.3, -0.25) is 4.90 Å². The fourth-order valence-electron chi connectivity index (χ4n) is 1.79. The highest BCUT2D eigenvalue weighted by atomic mass is 16.5. The SMILES string of the molecule is CN(C)C1(C#N)COCC1(C)C. The van der Waals surface area contributed by atoms with E-state index in [2.05, 4.69) is 19.9 Å². The van der Waals surface area contributed by atoms with Crippen LogP contribution in [0.5, 0.6) is 0 Å². The predicted molar refractivity (Wildman–Crippen MR) is 46.6 cm³/mol. The zero-order valence-electron chi connectivity index (χ0n) is 8.22. The van der Waals surface area contributed by atoms with Crippen LogP contribution in [0.4, 0.5) is 0 Å². The molecule has 68 valence electrons. The molecule has 0 radical (unpaired) electrons. The second-order valence-electron chi connectivity index (χ2n) is 4.24. The zero-order valence-corrected chi connectivity index (χ0v) is 8.22. The molecule has 3 nitrogen and oxygen atoms in total. The Morgan fingerprint density at radius 1 is 1.33 bits per heavy atom. The Morgan fingerprint density at radius 3 is 2.08 bits per heavy atom. The number of nitrogens with zero attached hydrogens (tertiary/aromatic N) is 2. The number of hydrogen-bond donors (Lipinski definition) is 0. The second-order valence-corrected chi connectivity index (χ2v) is 4.24. The molecule has 0 aliphatic carbocycles. The average molecular weight is 168 g/mol. The summed E-state index contributed by atoms with van der Waals surface area (Å²) in [6.07, 6.45) is 0. The van der Waals surface area contributed by atoms with E-state index in [0.717, 1.165) is 0 Å². The second kappa shape index (κ2) is 2.72. The normalized spacial score (nSPS) is 33.7. The molecule has 0 N–H and O–H groups in total. The highest BCUT2D eigenvalue weighted by Crippen LogP contribution is 2.39. The highest BCUT2D eigenvalue weighted by Gasteiger charge is 2.52. The van der Waals surface area contributed by atoms with Crippen molar-refractivity contribution in [3.8, 4) is 6.07 Å². The maximum Gasteiger partial charge on any atom is 0.139 e. The summed E-state index contributed by atoms with van der Waals surface area (Å²) in [4.78, 5) is 1.96. The minimum Gasteiger partial charge on any atom is -0.378 e. The molecule has 1 atom stereocenters. The van der Waals surface area contributed by atoms with Crippen LogP contribution in [0.25, 0.3) is 0 Å². The standard InChI is InChI=1S/C9H16N2O/c1-8(2)6-12-7-9(8,5-10)11(3)4/h6-7H2,1-4H3. The van der Waals surface area contributed by atoms with Crippen LogP contribution >= 0.6 is 0 Å². The van der Waals surface area contributed by atoms with Crippen molar-refractivity contribution in [1.29, 1.82) is 5.26 Å². The van der Waals surface area contributed by atoms with Gasteiger partial charge in [0.05, 0.1) is 19.3 Å². The van der Waals surface area contributed by atoms with Crippen LogP contribution < -0.4 is 0 Å². The first-order chi connectivity index (χ1) is 5.46. The average Bonchev–Trinajstić information content (AvgIpc) is 2.25. The molecule has 3 heteroatoms. The van der Waals surface area contributed by atoms with Crippen LogP contribution in [0, 0.1) is 16.7 Å². The Morgan fingerprint density at radius 2 is 1.92 bits per heavy atom. The Labute approximate surface area is 73.9 Å². The molecule has 0 aromatic rings. The van der Waals surface area contributed by atoms with Crippen LogP contribution in [0.3, 0.4) is 0 Å². The van der Waals surface area contributed by atoms with Gasteiger partial charge in [0.15, 0.2) is 0 Å². The lowest BCUT2D eigenvalue weighted by atomic mass is 9.75. The van der Waals surface area contributed by atoms with Crippen LogP contribution in [0.2, 0.25) is 0 Å². The van der Waals surface area contributed by atoms with Gasteiger partial charge in [-0.1, -0.05) is 13.8 Å². The fraction of sp³-hybridized carbons (Fsp3) is 0.889. The van der Waals surface area contributed by atoms with E-state index in [1.165, 1.54) is 0 Å². The minimum atomic E-state index is -0.451. The minimum absolute atomic E-state index is 0.0781. The first kappa shape index (κ1) is 9.50. The molecule has 1 rings (SSSR count). The van der Waals surface area contributed by atoms with Crippen molar-refractivity contribution < 1.29 is 4.74 Å². The first-order valence-electron chi connectivity index (χ1n) is 4.13. The molecule has 0 saturated carbocycles.